The van der Waals surface area contributed by atoms with Crippen LogP contribution in [-0.2, 0) is 0 Å². The van der Waals surface area contributed by atoms with E-state index in [-0.39, 0.29) is 11.3 Å². The summed E-state index contributed by atoms with van der Waals surface area (Å²) in [5.41, 5.74) is 19.6. The Balaban J connectivity index is 3.72. The van der Waals surface area contributed by atoms with Gasteiger partial charge in [-0.3, -0.25) is 0 Å². The topological polar surface area (TPSA) is 78.1 Å². The molecule has 2 unspecified atom stereocenters. The first-order chi connectivity index (χ1) is 13.5. The quantitative estimate of drug-likeness (QED) is 0.366. The summed E-state index contributed by atoms with van der Waals surface area (Å²) < 4.78 is 30.8. The molecule has 0 saturated heterocycles. The van der Waals surface area contributed by atoms with E-state index in [1.165, 1.54) is 13.0 Å². The van der Waals surface area contributed by atoms with Gasteiger partial charge in [-0.15, -0.1) is 0 Å². The lowest BCUT2D eigenvalue weighted by Gasteiger charge is -2.33. The van der Waals surface area contributed by atoms with Gasteiger partial charge in [0.15, 0.2) is 0 Å². The summed E-state index contributed by atoms with van der Waals surface area (Å²) in [4.78, 5) is 0. The van der Waals surface area contributed by atoms with Crippen molar-refractivity contribution in [3.63, 3.8) is 0 Å². The van der Waals surface area contributed by atoms with Crippen molar-refractivity contribution in [2.24, 2.45) is 11.5 Å². The maximum Gasteiger partial charge on any atom is 0.205 e. The molecule has 0 amide bonds. The summed E-state index contributed by atoms with van der Waals surface area (Å²) in [6.07, 6.45) is 4.67. The normalized spacial score (nSPS) is 16.3. The van der Waals surface area contributed by atoms with Crippen molar-refractivity contribution in [1.82, 2.24) is 0 Å². The molecule has 1 aromatic rings. The van der Waals surface area contributed by atoms with E-state index >= 15 is 4.39 Å². The highest BCUT2D eigenvalue weighted by atomic mass is 19.2. The van der Waals surface area contributed by atoms with Gasteiger partial charge in [0.2, 0.25) is 5.67 Å². The molecule has 3 nitrogen and oxygen atoms in total. The highest BCUT2D eigenvalue weighted by Gasteiger charge is 2.45. The van der Waals surface area contributed by atoms with Gasteiger partial charge in [0.25, 0.3) is 0 Å². The van der Waals surface area contributed by atoms with E-state index in [4.69, 9.17) is 17.2 Å². The van der Waals surface area contributed by atoms with Crippen molar-refractivity contribution < 1.29 is 8.78 Å². The van der Waals surface area contributed by atoms with Gasteiger partial charge in [0, 0.05) is 28.2 Å². The largest absolute Gasteiger partial charge is 0.402 e. The van der Waals surface area contributed by atoms with Gasteiger partial charge in [-0.1, -0.05) is 37.6 Å². The van der Waals surface area contributed by atoms with Gasteiger partial charge >= 0.3 is 0 Å². The zero-order valence-corrected chi connectivity index (χ0v) is 18.4. The van der Waals surface area contributed by atoms with Gasteiger partial charge in [-0.25, -0.2) is 8.78 Å². The fourth-order valence-corrected chi connectivity index (χ4v) is 3.23. The molecule has 0 heterocycles. The number of rotatable bonds is 8. The van der Waals surface area contributed by atoms with Crippen molar-refractivity contribution in [3.05, 3.63) is 64.5 Å². The smallest absolute Gasteiger partial charge is 0.205 e. The van der Waals surface area contributed by atoms with E-state index in [0.717, 1.165) is 23.3 Å². The highest BCUT2D eigenvalue weighted by molar-refractivity contribution is 5.86. The number of nitrogens with two attached hydrogens (primary N) is 3. The van der Waals surface area contributed by atoms with Crippen molar-refractivity contribution in [3.8, 4) is 0 Å². The SMILES string of the molecule is CC/C=C(/N)C(F)(C(=C(C)C)c1cc(/C(C)=C/C=C(\N)CC)ccc1N)C(C)F. The fourth-order valence-electron chi connectivity index (χ4n) is 3.23. The first-order valence-electron chi connectivity index (χ1n) is 10.0. The second kappa shape index (κ2) is 10.3. The number of anilines is 1. The zero-order chi connectivity index (χ0) is 22.4. The summed E-state index contributed by atoms with van der Waals surface area (Å²) >= 11 is 0. The molecule has 6 N–H and O–H groups in total. The van der Waals surface area contributed by atoms with E-state index in [2.05, 4.69) is 0 Å². The predicted molar refractivity (Wildman–Crippen MR) is 122 cm³/mol. The predicted octanol–water partition coefficient (Wildman–Crippen LogP) is 6.04. The van der Waals surface area contributed by atoms with Crippen LogP contribution < -0.4 is 17.2 Å². The van der Waals surface area contributed by atoms with E-state index in [1.54, 1.807) is 26.0 Å². The summed E-state index contributed by atoms with van der Waals surface area (Å²) in [6.45, 7) is 10.4. The molecule has 0 aromatic heterocycles. The lowest BCUT2D eigenvalue weighted by molar-refractivity contribution is 0.149. The number of nitrogen functional groups attached to an aromatic ring is 1. The van der Waals surface area contributed by atoms with Crippen molar-refractivity contribution in [2.75, 3.05) is 5.73 Å². The van der Waals surface area contributed by atoms with E-state index in [0.29, 0.717) is 23.2 Å². The van der Waals surface area contributed by atoms with Crippen LogP contribution in [0.4, 0.5) is 14.5 Å². The Morgan fingerprint density at radius 2 is 1.76 bits per heavy atom. The standard InChI is InChI=1S/C24H35F2N3/c1-7-9-22(29)24(26,17(6)25)23(15(3)4)20-14-18(11-13-21(20)28)16(5)10-12-19(27)8-2/h9-14,17H,7-8,27-29H2,1-6H3/b16-10+,19-12-,22-9+. The molecular formula is C24H35F2N3. The van der Waals surface area contributed by atoms with E-state index in [1.807, 2.05) is 39.0 Å². The minimum Gasteiger partial charge on any atom is -0.402 e. The molecule has 0 saturated carbocycles. The van der Waals surface area contributed by atoms with Crippen LogP contribution in [-0.4, -0.2) is 11.8 Å². The molecule has 1 aromatic carbocycles. The second-order valence-corrected chi connectivity index (χ2v) is 7.52. The number of benzene rings is 1. The minimum atomic E-state index is -2.47. The number of hydrogen-bond donors (Lipinski definition) is 3. The van der Waals surface area contributed by atoms with Crippen LogP contribution in [0, 0.1) is 0 Å². The Morgan fingerprint density at radius 3 is 2.24 bits per heavy atom. The molecule has 0 aliphatic heterocycles. The van der Waals surface area contributed by atoms with Crippen LogP contribution in [0.5, 0.6) is 0 Å². The van der Waals surface area contributed by atoms with Crippen LogP contribution in [0.25, 0.3) is 11.1 Å². The summed E-state index contributed by atoms with van der Waals surface area (Å²) in [5, 5.41) is 0. The number of allylic oxidation sites excluding steroid dienone is 7. The Labute approximate surface area is 174 Å². The van der Waals surface area contributed by atoms with Gasteiger partial charge in [0.1, 0.15) is 6.17 Å². The first kappa shape index (κ1) is 24.5. The van der Waals surface area contributed by atoms with Crippen LogP contribution in [0.3, 0.4) is 0 Å². The Kier molecular flexibility index (Phi) is 8.68. The molecule has 0 bridgehead atoms. The van der Waals surface area contributed by atoms with Crippen LogP contribution in [0.15, 0.2) is 53.4 Å². The van der Waals surface area contributed by atoms with Crippen LogP contribution >= 0.6 is 0 Å². The molecule has 5 heteroatoms. The van der Waals surface area contributed by atoms with Gasteiger partial charge < -0.3 is 17.2 Å². The lowest BCUT2D eigenvalue weighted by Crippen LogP contribution is -2.41. The Hall–Kier alpha value is -2.56. The van der Waals surface area contributed by atoms with E-state index in [9.17, 15) is 4.39 Å². The maximum absolute atomic E-state index is 16.2. The molecule has 29 heavy (non-hydrogen) atoms. The van der Waals surface area contributed by atoms with Crippen LogP contribution in [0.2, 0.25) is 0 Å². The summed E-state index contributed by atoms with van der Waals surface area (Å²) in [7, 11) is 0. The number of alkyl halides is 2. The average Bonchev–Trinajstić information content (AvgIpc) is 2.66. The van der Waals surface area contributed by atoms with E-state index < -0.39 is 11.8 Å². The number of halogens is 2. The van der Waals surface area contributed by atoms with Crippen molar-refractivity contribution in [1.29, 1.82) is 0 Å². The monoisotopic (exact) mass is 403 g/mol. The maximum atomic E-state index is 16.2. The van der Waals surface area contributed by atoms with Gasteiger partial charge in [0.05, 0.1) is 0 Å². The van der Waals surface area contributed by atoms with Crippen LogP contribution in [0.1, 0.15) is 65.5 Å². The fraction of sp³-hybridized carbons (Fsp3) is 0.417. The molecule has 0 aliphatic carbocycles. The zero-order valence-electron chi connectivity index (χ0n) is 18.4. The highest BCUT2D eigenvalue weighted by Crippen LogP contribution is 2.44. The van der Waals surface area contributed by atoms with Crippen molar-refractivity contribution in [2.45, 2.75) is 66.2 Å². The molecule has 2 atom stereocenters. The molecule has 0 fully saturated rings. The first-order valence-corrected chi connectivity index (χ1v) is 10.0. The third-order valence-corrected chi connectivity index (χ3v) is 4.99. The Morgan fingerprint density at radius 1 is 1.14 bits per heavy atom. The minimum absolute atomic E-state index is 0.137. The average molecular weight is 404 g/mol. The lowest BCUT2D eigenvalue weighted by atomic mass is 9.80. The Bertz CT molecular complexity index is 844. The molecule has 0 aliphatic rings. The molecular weight excluding hydrogens is 368 g/mol. The van der Waals surface area contributed by atoms with Gasteiger partial charge in [-0.05, 0) is 69.9 Å². The third-order valence-electron chi connectivity index (χ3n) is 4.99. The molecule has 0 spiro atoms. The van der Waals surface area contributed by atoms with Gasteiger partial charge in [-0.2, -0.15) is 0 Å². The second-order valence-electron chi connectivity index (χ2n) is 7.52. The molecule has 0 radical (unpaired) electrons. The summed E-state index contributed by atoms with van der Waals surface area (Å²) in [6, 6.07) is 5.35. The van der Waals surface area contributed by atoms with Crippen molar-refractivity contribution >= 4 is 16.8 Å². The third kappa shape index (κ3) is 5.49. The summed E-state index contributed by atoms with van der Waals surface area (Å²) in [5.74, 6) is 0. The molecule has 160 valence electrons. The molecule has 1 rings (SSSR count). The number of hydrogen-bond acceptors (Lipinski definition) is 3.